The van der Waals surface area contributed by atoms with E-state index in [1.54, 1.807) is 6.20 Å². The van der Waals surface area contributed by atoms with Gasteiger partial charge in [0, 0.05) is 19.3 Å². The quantitative estimate of drug-likeness (QED) is 0.718. The van der Waals surface area contributed by atoms with E-state index < -0.39 is 0 Å². The van der Waals surface area contributed by atoms with E-state index in [-0.39, 0.29) is 5.91 Å². The van der Waals surface area contributed by atoms with Crippen LogP contribution in [-0.4, -0.2) is 47.2 Å². The van der Waals surface area contributed by atoms with Crippen molar-refractivity contribution in [2.75, 3.05) is 26.2 Å². The van der Waals surface area contributed by atoms with Crippen molar-refractivity contribution in [2.45, 2.75) is 13.8 Å². The number of amides is 1. The lowest BCUT2D eigenvalue weighted by atomic mass is 10.3. The third-order valence-corrected chi connectivity index (χ3v) is 2.37. The van der Waals surface area contributed by atoms with Gasteiger partial charge >= 0.3 is 0 Å². The molecular formula is C10H18N4O. The smallest absolute Gasteiger partial charge is 0.254 e. The number of nitrogens with zero attached hydrogens (tertiary/aromatic N) is 2. The molecule has 0 aromatic carbocycles. The molecule has 0 saturated heterocycles. The summed E-state index contributed by atoms with van der Waals surface area (Å²) < 4.78 is 0. The van der Waals surface area contributed by atoms with Crippen LogP contribution in [0.4, 0.5) is 0 Å². The third kappa shape index (κ3) is 3.71. The highest BCUT2D eigenvalue weighted by atomic mass is 16.1. The van der Waals surface area contributed by atoms with E-state index in [2.05, 4.69) is 34.3 Å². The highest BCUT2D eigenvalue weighted by molar-refractivity contribution is 5.93. The lowest BCUT2D eigenvalue weighted by molar-refractivity contribution is 0.0949. The van der Waals surface area contributed by atoms with Gasteiger partial charge in [-0.25, -0.2) is 0 Å². The van der Waals surface area contributed by atoms with Gasteiger partial charge in [0.05, 0.1) is 11.8 Å². The molecule has 2 N–H and O–H groups in total. The van der Waals surface area contributed by atoms with Crippen LogP contribution in [0.15, 0.2) is 12.4 Å². The molecule has 0 aliphatic rings. The number of aromatic nitrogens is 2. The van der Waals surface area contributed by atoms with Crippen molar-refractivity contribution in [1.29, 1.82) is 0 Å². The molecule has 1 aromatic heterocycles. The Kier molecular flexibility index (Phi) is 4.83. The van der Waals surface area contributed by atoms with Crippen LogP contribution in [0, 0.1) is 0 Å². The molecule has 84 valence electrons. The summed E-state index contributed by atoms with van der Waals surface area (Å²) in [7, 11) is 0. The van der Waals surface area contributed by atoms with Crippen molar-refractivity contribution in [1.82, 2.24) is 20.4 Å². The van der Waals surface area contributed by atoms with Crippen LogP contribution in [0.3, 0.4) is 0 Å². The Morgan fingerprint density at radius 2 is 2.27 bits per heavy atom. The maximum absolute atomic E-state index is 11.5. The van der Waals surface area contributed by atoms with E-state index in [0.29, 0.717) is 12.1 Å². The number of hydrogen-bond acceptors (Lipinski definition) is 3. The monoisotopic (exact) mass is 210 g/mol. The number of aromatic amines is 1. The summed E-state index contributed by atoms with van der Waals surface area (Å²) in [5.41, 5.74) is 0.578. The van der Waals surface area contributed by atoms with Gasteiger partial charge < -0.3 is 10.2 Å². The molecular weight excluding hydrogens is 192 g/mol. The second-order valence-electron chi connectivity index (χ2n) is 3.27. The number of nitrogens with one attached hydrogen (secondary N) is 2. The summed E-state index contributed by atoms with van der Waals surface area (Å²) in [6.07, 6.45) is 3.11. The first-order chi connectivity index (χ1) is 7.27. The molecule has 0 atom stereocenters. The van der Waals surface area contributed by atoms with Gasteiger partial charge in [-0.15, -0.1) is 0 Å². The molecule has 15 heavy (non-hydrogen) atoms. The van der Waals surface area contributed by atoms with Gasteiger partial charge in [0.2, 0.25) is 0 Å². The molecule has 5 nitrogen and oxygen atoms in total. The molecule has 5 heteroatoms. The van der Waals surface area contributed by atoms with E-state index >= 15 is 0 Å². The fraction of sp³-hybridized carbons (Fsp3) is 0.600. The van der Waals surface area contributed by atoms with Crippen molar-refractivity contribution in [3.05, 3.63) is 18.0 Å². The molecule has 0 fully saturated rings. The van der Waals surface area contributed by atoms with Crippen LogP contribution >= 0.6 is 0 Å². The second kappa shape index (κ2) is 6.19. The van der Waals surface area contributed by atoms with Gasteiger partial charge in [-0.3, -0.25) is 9.89 Å². The van der Waals surface area contributed by atoms with Crippen LogP contribution < -0.4 is 5.32 Å². The molecule has 0 spiro atoms. The summed E-state index contributed by atoms with van der Waals surface area (Å²) in [5, 5.41) is 9.18. The zero-order valence-corrected chi connectivity index (χ0v) is 9.29. The minimum absolute atomic E-state index is 0.0732. The SMILES string of the molecule is CCN(CC)CCNC(=O)c1cn[nH]c1. The van der Waals surface area contributed by atoms with Gasteiger partial charge in [-0.2, -0.15) is 5.10 Å². The summed E-state index contributed by atoms with van der Waals surface area (Å²) in [5.74, 6) is -0.0732. The second-order valence-corrected chi connectivity index (χ2v) is 3.27. The Labute approximate surface area is 89.9 Å². The number of H-pyrrole nitrogens is 1. The van der Waals surface area contributed by atoms with Gasteiger partial charge in [0.1, 0.15) is 0 Å². The van der Waals surface area contributed by atoms with Crippen molar-refractivity contribution >= 4 is 5.91 Å². The zero-order valence-electron chi connectivity index (χ0n) is 9.29. The van der Waals surface area contributed by atoms with Crippen LogP contribution in [-0.2, 0) is 0 Å². The summed E-state index contributed by atoms with van der Waals surface area (Å²) in [6, 6.07) is 0. The van der Waals surface area contributed by atoms with Crippen molar-refractivity contribution < 1.29 is 4.79 Å². The fourth-order valence-electron chi connectivity index (χ4n) is 1.34. The minimum atomic E-state index is -0.0732. The van der Waals surface area contributed by atoms with E-state index in [1.807, 2.05) is 0 Å². The number of carbonyl (C=O) groups is 1. The Hall–Kier alpha value is -1.36. The number of likely N-dealkylation sites (N-methyl/N-ethyl adjacent to an activating group) is 1. The molecule has 1 heterocycles. The van der Waals surface area contributed by atoms with Crippen molar-refractivity contribution in [3.8, 4) is 0 Å². The normalized spacial score (nSPS) is 10.6. The highest BCUT2D eigenvalue weighted by Crippen LogP contribution is 1.92. The van der Waals surface area contributed by atoms with Crippen LogP contribution in [0.2, 0.25) is 0 Å². The van der Waals surface area contributed by atoms with Gasteiger partial charge in [-0.05, 0) is 13.1 Å². The number of rotatable bonds is 6. The molecule has 1 rings (SSSR count). The lowest BCUT2D eigenvalue weighted by Gasteiger charge is -2.17. The van der Waals surface area contributed by atoms with E-state index in [1.165, 1.54) is 6.20 Å². The fourth-order valence-corrected chi connectivity index (χ4v) is 1.34. The highest BCUT2D eigenvalue weighted by Gasteiger charge is 2.05. The predicted octanol–water partition coefficient (Wildman–Crippen LogP) is 0.481. The molecule has 0 aliphatic carbocycles. The first-order valence-corrected chi connectivity index (χ1v) is 5.27. The summed E-state index contributed by atoms with van der Waals surface area (Å²) >= 11 is 0. The predicted molar refractivity (Wildman–Crippen MR) is 58.7 cm³/mol. The first-order valence-electron chi connectivity index (χ1n) is 5.27. The Balaban J connectivity index is 2.23. The Bertz CT molecular complexity index is 280. The molecule has 0 aliphatic heterocycles. The first kappa shape index (κ1) is 11.7. The van der Waals surface area contributed by atoms with Crippen LogP contribution in [0.5, 0.6) is 0 Å². The van der Waals surface area contributed by atoms with Gasteiger partial charge in [0.15, 0.2) is 0 Å². The van der Waals surface area contributed by atoms with Crippen LogP contribution in [0.25, 0.3) is 0 Å². The third-order valence-electron chi connectivity index (χ3n) is 2.37. The molecule has 1 aromatic rings. The topological polar surface area (TPSA) is 61.0 Å². The standard InChI is InChI=1S/C10H18N4O/c1-3-14(4-2)6-5-11-10(15)9-7-12-13-8-9/h7-8H,3-6H2,1-2H3,(H,11,15)(H,12,13). The average Bonchev–Trinajstić information content (AvgIpc) is 2.77. The van der Waals surface area contributed by atoms with Crippen molar-refractivity contribution in [2.24, 2.45) is 0 Å². The molecule has 0 bridgehead atoms. The summed E-state index contributed by atoms with van der Waals surface area (Å²) in [6.45, 7) is 7.81. The average molecular weight is 210 g/mol. The molecule has 1 amide bonds. The maximum Gasteiger partial charge on any atom is 0.254 e. The number of hydrogen-bond donors (Lipinski definition) is 2. The maximum atomic E-state index is 11.5. The molecule has 0 radical (unpaired) electrons. The minimum Gasteiger partial charge on any atom is -0.351 e. The van der Waals surface area contributed by atoms with Crippen LogP contribution in [0.1, 0.15) is 24.2 Å². The van der Waals surface area contributed by atoms with Gasteiger partial charge in [0.25, 0.3) is 5.91 Å². The van der Waals surface area contributed by atoms with Gasteiger partial charge in [-0.1, -0.05) is 13.8 Å². The summed E-state index contributed by atoms with van der Waals surface area (Å²) in [4.78, 5) is 13.7. The van der Waals surface area contributed by atoms with E-state index in [9.17, 15) is 4.79 Å². The number of carbonyl (C=O) groups excluding carboxylic acids is 1. The molecule has 0 unspecified atom stereocenters. The Morgan fingerprint density at radius 3 is 2.80 bits per heavy atom. The molecule has 0 saturated carbocycles. The lowest BCUT2D eigenvalue weighted by Crippen LogP contribution is -2.34. The van der Waals surface area contributed by atoms with E-state index in [0.717, 1.165) is 19.6 Å². The Morgan fingerprint density at radius 1 is 1.53 bits per heavy atom. The zero-order chi connectivity index (χ0) is 11.1. The largest absolute Gasteiger partial charge is 0.351 e. The van der Waals surface area contributed by atoms with E-state index in [4.69, 9.17) is 0 Å². The van der Waals surface area contributed by atoms with Crippen molar-refractivity contribution in [3.63, 3.8) is 0 Å².